The number of hydrogen-bond donors (Lipinski definition) is 1. The van der Waals surface area contributed by atoms with Crippen molar-refractivity contribution in [1.82, 2.24) is 0 Å². The van der Waals surface area contributed by atoms with E-state index in [9.17, 15) is 8.76 Å². The second-order valence-corrected chi connectivity index (χ2v) is 5.62. The van der Waals surface area contributed by atoms with E-state index in [4.69, 9.17) is 32.0 Å². The Hall–Kier alpha value is -0.180. The first kappa shape index (κ1) is 17.8. The summed E-state index contributed by atoms with van der Waals surface area (Å²) in [6.45, 7) is 1.82. The van der Waals surface area contributed by atoms with Crippen LogP contribution in [0.2, 0.25) is 10.0 Å². The first-order valence-electron chi connectivity index (χ1n) is 4.50. The summed E-state index contributed by atoms with van der Waals surface area (Å²) in [4.78, 5) is 0. The first-order chi connectivity index (χ1) is 8.23. The molecule has 0 saturated carbocycles. The van der Waals surface area contributed by atoms with E-state index in [1.54, 1.807) is 12.1 Å². The van der Waals surface area contributed by atoms with Crippen LogP contribution in [0.25, 0.3) is 0 Å². The summed E-state index contributed by atoms with van der Waals surface area (Å²) < 4.78 is 38.6. The lowest BCUT2D eigenvalue weighted by atomic mass is 10.2. The van der Waals surface area contributed by atoms with Gasteiger partial charge < -0.3 is 14.4 Å². The van der Waals surface area contributed by atoms with Crippen LogP contribution in [0.1, 0.15) is 5.56 Å². The number of hydrogen-bond acceptors (Lipinski definition) is 5. The van der Waals surface area contributed by atoms with Gasteiger partial charge in [0.25, 0.3) is 0 Å². The lowest BCUT2D eigenvalue weighted by Crippen LogP contribution is -2.08. The molecule has 1 N–H and O–H groups in total. The van der Waals surface area contributed by atoms with Crippen molar-refractivity contribution >= 4 is 51.1 Å². The summed E-state index contributed by atoms with van der Waals surface area (Å²) >= 11 is 7.56. The summed E-state index contributed by atoms with van der Waals surface area (Å²) in [5.41, 5.74) is 1.52. The van der Waals surface area contributed by atoms with Gasteiger partial charge in [-0.2, -0.15) is 0 Å². The molecule has 9 heteroatoms. The van der Waals surface area contributed by atoms with E-state index in [-0.39, 0.29) is 5.88 Å². The standard InChI is InChI=1S/C8H9Cl2NO2S.CH4O2S/c1-5-2-6(9)7(10)3-8(5)11-4-14(12)13;1-4(2)3/h2-3,11H,4H2,1H3,(H,12,13);1H3,(H,2,3)/p-2. The Morgan fingerprint density at radius 2 is 1.67 bits per heavy atom. The van der Waals surface area contributed by atoms with E-state index in [2.05, 4.69) is 5.32 Å². The normalized spacial score (nSPS) is 13.2. The molecule has 2 unspecified atom stereocenters. The molecule has 104 valence electrons. The fraction of sp³-hybridized carbons (Fsp3) is 0.333. The number of aryl methyl sites for hydroxylation is 1. The van der Waals surface area contributed by atoms with Gasteiger partial charge in [-0.3, -0.25) is 8.42 Å². The van der Waals surface area contributed by atoms with Crippen LogP contribution in [0.5, 0.6) is 0 Å². The third-order valence-electron chi connectivity index (χ3n) is 1.65. The average Bonchev–Trinajstić information content (AvgIpc) is 2.20. The first-order valence-corrected chi connectivity index (χ1v) is 7.98. The zero-order valence-electron chi connectivity index (χ0n) is 9.57. The van der Waals surface area contributed by atoms with Crippen LogP contribution in [-0.2, 0) is 22.2 Å². The highest BCUT2D eigenvalue weighted by Gasteiger charge is 2.03. The van der Waals surface area contributed by atoms with Gasteiger partial charge >= 0.3 is 0 Å². The maximum absolute atomic E-state index is 10.3. The summed E-state index contributed by atoms with van der Waals surface area (Å²) in [6, 6.07) is 3.28. The summed E-state index contributed by atoms with van der Waals surface area (Å²) in [5, 5.41) is 3.58. The zero-order chi connectivity index (χ0) is 14.3. The highest BCUT2D eigenvalue weighted by Crippen LogP contribution is 2.28. The van der Waals surface area contributed by atoms with Crippen molar-refractivity contribution in [3.63, 3.8) is 0 Å². The Kier molecular flexibility index (Phi) is 8.75. The molecule has 0 aliphatic heterocycles. The molecule has 1 rings (SSSR count). The van der Waals surface area contributed by atoms with Crippen molar-refractivity contribution in [3.8, 4) is 0 Å². The smallest absolute Gasteiger partial charge is 0.0777 e. The molecule has 0 heterocycles. The predicted molar refractivity (Wildman–Crippen MR) is 73.5 cm³/mol. The lowest BCUT2D eigenvalue weighted by molar-refractivity contribution is 0.538. The third kappa shape index (κ3) is 8.02. The van der Waals surface area contributed by atoms with Crippen LogP contribution >= 0.6 is 23.2 Å². The zero-order valence-corrected chi connectivity index (χ0v) is 12.7. The SMILES string of the molecule is CS(=O)[O-].Cc1cc(Cl)c(Cl)cc1NCS(=O)[O-]. The van der Waals surface area contributed by atoms with Crippen LogP contribution in [-0.4, -0.2) is 29.7 Å². The molecule has 0 aromatic heterocycles. The molecule has 5 nitrogen and oxygen atoms in total. The summed E-state index contributed by atoms with van der Waals surface area (Å²) in [7, 11) is 0. The average molecular weight is 332 g/mol. The van der Waals surface area contributed by atoms with Gasteiger partial charge in [0.05, 0.1) is 15.9 Å². The topological polar surface area (TPSA) is 92.3 Å². The molecule has 0 saturated heterocycles. The molecular weight excluding hydrogens is 321 g/mol. The molecule has 0 spiro atoms. The molecule has 18 heavy (non-hydrogen) atoms. The number of halogens is 2. The van der Waals surface area contributed by atoms with E-state index < -0.39 is 22.2 Å². The molecule has 0 fully saturated rings. The monoisotopic (exact) mass is 331 g/mol. The largest absolute Gasteiger partial charge is 0.773 e. The Balaban J connectivity index is 0.000000631. The molecule has 0 aliphatic carbocycles. The van der Waals surface area contributed by atoms with Crippen LogP contribution < -0.4 is 5.32 Å². The molecule has 0 aliphatic rings. The maximum atomic E-state index is 10.3. The Bertz CT molecular complexity index is 452. The van der Waals surface area contributed by atoms with Gasteiger partial charge in [0.15, 0.2) is 0 Å². The van der Waals surface area contributed by atoms with Crippen LogP contribution in [0.4, 0.5) is 5.69 Å². The highest BCUT2D eigenvalue weighted by molar-refractivity contribution is 7.79. The van der Waals surface area contributed by atoms with Crippen molar-refractivity contribution in [1.29, 1.82) is 0 Å². The van der Waals surface area contributed by atoms with Crippen molar-refractivity contribution < 1.29 is 17.5 Å². The molecular formula is C9H11Cl2NO4S2-2. The van der Waals surface area contributed by atoms with Crippen LogP contribution in [0.15, 0.2) is 12.1 Å². The second-order valence-electron chi connectivity index (χ2n) is 3.11. The number of benzene rings is 1. The molecule has 0 amide bonds. The molecule has 2 atom stereocenters. The second kappa shape index (κ2) is 8.84. The Labute approximate surface area is 120 Å². The van der Waals surface area contributed by atoms with E-state index in [1.807, 2.05) is 6.92 Å². The highest BCUT2D eigenvalue weighted by atomic mass is 35.5. The van der Waals surface area contributed by atoms with E-state index in [1.165, 1.54) is 0 Å². The fourth-order valence-corrected chi connectivity index (χ4v) is 1.63. The maximum Gasteiger partial charge on any atom is 0.0777 e. The van der Waals surface area contributed by atoms with Gasteiger partial charge in [-0.15, -0.1) is 0 Å². The number of nitrogens with one attached hydrogen (secondary N) is 1. The van der Waals surface area contributed by atoms with Crippen LogP contribution in [0.3, 0.4) is 0 Å². The molecule has 0 bridgehead atoms. The minimum absolute atomic E-state index is 0.140. The molecule has 0 radical (unpaired) electrons. The summed E-state index contributed by atoms with van der Waals surface area (Å²) in [6.07, 6.45) is 1.08. The van der Waals surface area contributed by atoms with Crippen molar-refractivity contribution in [2.75, 3.05) is 17.4 Å². The predicted octanol–water partition coefficient (Wildman–Crippen LogP) is 2.05. The van der Waals surface area contributed by atoms with E-state index >= 15 is 0 Å². The van der Waals surface area contributed by atoms with Crippen LogP contribution in [0, 0.1) is 6.92 Å². The van der Waals surface area contributed by atoms with Gasteiger partial charge in [-0.25, -0.2) is 0 Å². The minimum Gasteiger partial charge on any atom is -0.773 e. The minimum atomic E-state index is -2.12. The Morgan fingerprint density at radius 1 is 1.22 bits per heavy atom. The summed E-state index contributed by atoms with van der Waals surface area (Å²) in [5.74, 6) is -0.140. The van der Waals surface area contributed by atoms with Crippen molar-refractivity contribution in [3.05, 3.63) is 27.7 Å². The van der Waals surface area contributed by atoms with E-state index in [0.717, 1.165) is 11.8 Å². The van der Waals surface area contributed by atoms with Crippen molar-refractivity contribution in [2.24, 2.45) is 0 Å². The molecule has 1 aromatic carbocycles. The lowest BCUT2D eigenvalue weighted by Gasteiger charge is -2.12. The van der Waals surface area contributed by atoms with Gasteiger partial charge in [0.2, 0.25) is 0 Å². The van der Waals surface area contributed by atoms with Gasteiger partial charge in [-0.1, -0.05) is 34.3 Å². The number of rotatable bonds is 3. The van der Waals surface area contributed by atoms with Gasteiger partial charge in [0.1, 0.15) is 0 Å². The van der Waals surface area contributed by atoms with Gasteiger partial charge in [-0.05, 0) is 42.0 Å². The van der Waals surface area contributed by atoms with Crippen molar-refractivity contribution in [2.45, 2.75) is 6.92 Å². The molecule has 1 aromatic rings. The quantitative estimate of drug-likeness (QED) is 0.855. The third-order valence-corrected chi connectivity index (χ3v) is 2.75. The van der Waals surface area contributed by atoms with E-state index in [0.29, 0.717) is 15.7 Å². The fourth-order valence-electron chi connectivity index (χ4n) is 0.973. The number of anilines is 1. The Morgan fingerprint density at radius 3 is 2.11 bits per heavy atom. The van der Waals surface area contributed by atoms with Gasteiger partial charge in [0, 0.05) is 5.69 Å².